The molecule has 1 aliphatic rings. The van der Waals surface area contributed by atoms with Crippen LogP contribution in [0.1, 0.15) is 155 Å². The Balaban J connectivity index is 2.50. The van der Waals surface area contributed by atoms with Crippen LogP contribution in [0.25, 0.3) is 0 Å². The molecule has 1 saturated carbocycles. The van der Waals surface area contributed by atoms with Crippen LogP contribution >= 0.6 is 7.82 Å². The Morgan fingerprint density at radius 1 is 0.542 bits per heavy atom. The van der Waals surface area contributed by atoms with Gasteiger partial charge in [0.25, 0.3) is 0 Å². The third kappa shape index (κ3) is 27.9. The number of phosphoric ester groups is 1. The fourth-order valence-corrected chi connectivity index (χ4v) is 7.29. The van der Waals surface area contributed by atoms with Gasteiger partial charge >= 0.3 is 19.8 Å². The van der Waals surface area contributed by atoms with Crippen molar-refractivity contribution in [2.75, 3.05) is 13.2 Å². The number of carbonyl (C=O) groups excluding carboxylic acids is 2. The fourth-order valence-electron chi connectivity index (χ4n) is 6.31. The summed E-state index contributed by atoms with van der Waals surface area (Å²) in [6, 6.07) is 0. The Labute approximate surface area is 353 Å². The number of hydrogen-bond acceptors (Lipinski definition) is 12. The number of phosphoric acid groups is 1. The van der Waals surface area contributed by atoms with Crippen LogP contribution in [0.15, 0.2) is 60.8 Å². The molecule has 6 unspecified atom stereocenters. The number of hydrogen-bond donors (Lipinski definition) is 6. The average Bonchev–Trinajstić information content (AvgIpc) is 3.21. The highest BCUT2D eigenvalue weighted by Gasteiger charge is 2.51. The van der Waals surface area contributed by atoms with Crippen LogP contribution in [0.2, 0.25) is 0 Å². The largest absolute Gasteiger partial charge is 0.472 e. The summed E-state index contributed by atoms with van der Waals surface area (Å²) in [5.41, 5.74) is 0. The highest BCUT2D eigenvalue weighted by atomic mass is 31.2. The van der Waals surface area contributed by atoms with E-state index in [1.807, 2.05) is 0 Å². The lowest BCUT2D eigenvalue weighted by atomic mass is 9.85. The van der Waals surface area contributed by atoms with Crippen molar-refractivity contribution in [1.82, 2.24) is 0 Å². The molecule has 0 aliphatic heterocycles. The highest BCUT2D eigenvalue weighted by molar-refractivity contribution is 7.47. The fraction of sp³-hybridized carbons (Fsp3) is 0.733. The van der Waals surface area contributed by atoms with E-state index in [1.54, 1.807) is 0 Å². The summed E-state index contributed by atoms with van der Waals surface area (Å²) in [6.45, 7) is 3.13. The molecule has 6 N–H and O–H groups in total. The Morgan fingerprint density at radius 3 is 1.47 bits per heavy atom. The van der Waals surface area contributed by atoms with Crippen LogP contribution < -0.4 is 0 Å². The van der Waals surface area contributed by atoms with Crippen LogP contribution in [0.3, 0.4) is 0 Å². The summed E-state index contributed by atoms with van der Waals surface area (Å²) in [5.74, 6) is -1.14. The second kappa shape index (κ2) is 35.2. The maximum absolute atomic E-state index is 12.8. The van der Waals surface area contributed by atoms with Crippen molar-refractivity contribution in [3.8, 4) is 0 Å². The molecule has 0 heterocycles. The molecule has 13 nitrogen and oxygen atoms in total. The number of rotatable bonds is 35. The minimum Gasteiger partial charge on any atom is -0.462 e. The van der Waals surface area contributed by atoms with Gasteiger partial charge in [-0.2, -0.15) is 0 Å². The predicted octanol–water partition coefficient (Wildman–Crippen LogP) is 8.16. The first kappa shape index (κ1) is 54.6. The van der Waals surface area contributed by atoms with Crippen LogP contribution in [0, 0.1) is 0 Å². The van der Waals surface area contributed by atoms with Crippen LogP contribution in [0.4, 0.5) is 0 Å². The molecular weight excluding hydrogens is 779 g/mol. The van der Waals surface area contributed by atoms with Gasteiger partial charge in [0.2, 0.25) is 0 Å². The van der Waals surface area contributed by atoms with Gasteiger partial charge < -0.3 is 39.9 Å². The predicted molar refractivity (Wildman–Crippen MR) is 230 cm³/mol. The van der Waals surface area contributed by atoms with E-state index in [0.29, 0.717) is 12.8 Å². The first-order valence-corrected chi connectivity index (χ1v) is 23.6. The molecule has 0 aromatic carbocycles. The molecule has 14 heteroatoms. The van der Waals surface area contributed by atoms with Crippen molar-refractivity contribution < 1.29 is 63.1 Å². The zero-order chi connectivity index (χ0) is 43.6. The number of carbonyl (C=O) groups is 2. The minimum atomic E-state index is -5.13. The summed E-state index contributed by atoms with van der Waals surface area (Å²) in [5, 5.41) is 50.1. The molecule has 0 aromatic heterocycles. The van der Waals surface area contributed by atoms with E-state index in [1.165, 1.54) is 44.9 Å². The standard InChI is InChI=1S/C45H77O13P/c1-3-5-7-9-11-13-15-16-17-18-19-20-21-22-24-26-28-30-32-34-39(47)57-37(35-55-38(46)33-31-29-27-25-23-14-12-10-8-6-4-2)36-56-59(53,54)58-45-43(51)41(49)40(48)42(50)44(45)52/h5,7,11,13,16-17,19-20,22,24,37,40-45,48-52H,3-4,6,8-10,12,14-15,18,21,23,25-36H2,1-2H3,(H,53,54)/b7-5+,13-11+,17-16+,20-19+,24-22+/t37-,40?,41+,42?,43?,44?,45?/m1/s1. The SMILES string of the molecule is CC/C=C/C/C=C/C/C=C/C/C=C/C/C=C/CCCCCC(=O)O[C@H](COC(=O)CCCCCCCCCCCCC)COP(=O)(O)OC1C(O)C(O)C(O)[C@H](O)C1O. The minimum absolute atomic E-state index is 0.0563. The van der Waals surface area contributed by atoms with E-state index in [9.17, 15) is 44.6 Å². The van der Waals surface area contributed by atoms with E-state index in [-0.39, 0.29) is 12.8 Å². The second-order valence-electron chi connectivity index (χ2n) is 15.2. The third-order valence-electron chi connectivity index (χ3n) is 9.87. The highest BCUT2D eigenvalue weighted by Crippen LogP contribution is 2.47. The van der Waals surface area contributed by atoms with Gasteiger partial charge in [0.1, 0.15) is 43.2 Å². The van der Waals surface area contributed by atoms with Crippen LogP contribution in [-0.2, 0) is 32.7 Å². The molecular formula is C45H77O13P. The molecule has 0 aromatic rings. The van der Waals surface area contributed by atoms with E-state index < -0.39 is 75.7 Å². The van der Waals surface area contributed by atoms with E-state index >= 15 is 0 Å². The number of allylic oxidation sites excluding steroid dienone is 10. The van der Waals surface area contributed by atoms with E-state index in [0.717, 1.165) is 70.6 Å². The van der Waals surface area contributed by atoms with Crippen LogP contribution in [-0.4, -0.2) is 98.3 Å². The molecule has 0 amide bonds. The van der Waals surface area contributed by atoms with Gasteiger partial charge in [0.05, 0.1) is 6.61 Å². The number of unbranched alkanes of at least 4 members (excludes halogenated alkanes) is 13. The molecule has 0 spiro atoms. The Morgan fingerprint density at radius 2 is 0.966 bits per heavy atom. The lowest BCUT2D eigenvalue weighted by molar-refractivity contribution is -0.220. The van der Waals surface area contributed by atoms with Gasteiger partial charge in [0, 0.05) is 12.8 Å². The maximum atomic E-state index is 12.8. The number of aliphatic hydroxyl groups is 5. The summed E-state index contributed by atoms with van der Waals surface area (Å²) in [7, 11) is -5.13. The summed E-state index contributed by atoms with van der Waals surface area (Å²) in [6.07, 6.45) is 28.5. The molecule has 0 bridgehead atoms. The second-order valence-corrected chi connectivity index (χ2v) is 16.6. The zero-order valence-electron chi connectivity index (χ0n) is 35.8. The lowest BCUT2D eigenvalue weighted by Gasteiger charge is -2.41. The monoisotopic (exact) mass is 857 g/mol. The Bertz CT molecular complexity index is 1270. The average molecular weight is 857 g/mol. The van der Waals surface area contributed by atoms with Gasteiger partial charge in [-0.15, -0.1) is 0 Å². The first-order valence-electron chi connectivity index (χ1n) is 22.1. The van der Waals surface area contributed by atoms with Gasteiger partial charge in [-0.3, -0.25) is 18.6 Å². The summed E-state index contributed by atoms with van der Waals surface area (Å²) in [4.78, 5) is 35.6. The molecule has 59 heavy (non-hydrogen) atoms. The smallest absolute Gasteiger partial charge is 0.462 e. The third-order valence-corrected chi connectivity index (χ3v) is 10.9. The summed E-state index contributed by atoms with van der Waals surface area (Å²) >= 11 is 0. The van der Waals surface area contributed by atoms with Crippen molar-refractivity contribution in [2.24, 2.45) is 0 Å². The quantitative estimate of drug-likeness (QED) is 0.0154. The van der Waals surface area contributed by atoms with Crippen LogP contribution in [0.5, 0.6) is 0 Å². The molecule has 340 valence electrons. The van der Waals surface area contributed by atoms with Gasteiger partial charge in [-0.05, 0) is 57.8 Å². The zero-order valence-corrected chi connectivity index (χ0v) is 36.7. The van der Waals surface area contributed by atoms with Crippen molar-refractivity contribution in [2.45, 2.75) is 198 Å². The summed E-state index contributed by atoms with van der Waals surface area (Å²) < 4.78 is 33.4. The molecule has 1 aliphatic carbocycles. The van der Waals surface area contributed by atoms with Gasteiger partial charge in [-0.1, -0.05) is 145 Å². The lowest BCUT2D eigenvalue weighted by Crippen LogP contribution is -2.64. The first-order chi connectivity index (χ1) is 28.4. The Hall–Kier alpha value is -2.45. The van der Waals surface area contributed by atoms with Gasteiger partial charge in [-0.25, -0.2) is 4.57 Å². The number of ether oxygens (including phenoxy) is 2. The molecule has 1 fully saturated rings. The number of aliphatic hydroxyl groups excluding tert-OH is 5. The van der Waals surface area contributed by atoms with Crippen molar-refractivity contribution in [3.05, 3.63) is 60.8 Å². The normalized spacial score (nSPS) is 22.9. The topological polar surface area (TPSA) is 210 Å². The molecule has 0 saturated heterocycles. The van der Waals surface area contributed by atoms with E-state index in [2.05, 4.69) is 74.6 Å². The molecule has 0 radical (unpaired) electrons. The van der Waals surface area contributed by atoms with Crippen molar-refractivity contribution in [1.29, 1.82) is 0 Å². The molecule has 1 rings (SSSR count). The van der Waals surface area contributed by atoms with E-state index in [4.69, 9.17) is 18.5 Å². The number of esters is 2. The maximum Gasteiger partial charge on any atom is 0.472 e. The van der Waals surface area contributed by atoms with Gasteiger partial charge in [0.15, 0.2) is 6.10 Å². The van der Waals surface area contributed by atoms with Crippen molar-refractivity contribution in [3.63, 3.8) is 0 Å². The Kier molecular flexibility index (Phi) is 32.5. The van der Waals surface area contributed by atoms with Crippen molar-refractivity contribution >= 4 is 19.8 Å². The molecule has 8 atom stereocenters.